The zero-order valence-electron chi connectivity index (χ0n) is 14.9. The molecule has 0 bridgehead atoms. The number of nitrogens with zero attached hydrogens (tertiary/aromatic N) is 3. The van der Waals surface area contributed by atoms with Gasteiger partial charge in [-0.2, -0.15) is 5.10 Å². The second-order valence-corrected chi connectivity index (χ2v) is 6.47. The number of aryl methyl sites for hydroxylation is 1. The van der Waals surface area contributed by atoms with Crippen molar-refractivity contribution in [3.8, 4) is 11.5 Å². The van der Waals surface area contributed by atoms with Crippen molar-refractivity contribution in [2.24, 2.45) is 5.92 Å². The first-order valence-corrected chi connectivity index (χ1v) is 8.37. The smallest absolute Gasteiger partial charge is 0.160 e. The van der Waals surface area contributed by atoms with E-state index in [0.29, 0.717) is 5.92 Å². The Labute approximate surface area is 143 Å². The van der Waals surface area contributed by atoms with Gasteiger partial charge in [-0.15, -0.1) is 5.10 Å². The molecular weight excluding hydrogens is 302 g/mol. The summed E-state index contributed by atoms with van der Waals surface area (Å²) in [5.41, 5.74) is 3.71. The molecule has 1 aliphatic rings. The van der Waals surface area contributed by atoms with Gasteiger partial charge in [0.25, 0.3) is 0 Å². The standard InChI is InChI=1S/C19H25N3O2/c1-13-11-20-21-19(14(13)2)22-8-7-16(12-22)9-15-5-6-17(23-3)18(10-15)24-4/h5-6,10-11,16H,7-9,12H2,1-4H3. The van der Waals surface area contributed by atoms with Crippen LogP contribution in [0.1, 0.15) is 23.1 Å². The average molecular weight is 327 g/mol. The van der Waals surface area contributed by atoms with Gasteiger partial charge in [0.1, 0.15) is 0 Å². The molecule has 1 aromatic heterocycles. The van der Waals surface area contributed by atoms with Crippen LogP contribution < -0.4 is 14.4 Å². The molecule has 1 unspecified atom stereocenters. The van der Waals surface area contributed by atoms with E-state index >= 15 is 0 Å². The maximum Gasteiger partial charge on any atom is 0.160 e. The molecule has 1 fully saturated rings. The number of benzene rings is 1. The van der Waals surface area contributed by atoms with Gasteiger partial charge in [0, 0.05) is 13.1 Å². The Balaban J connectivity index is 1.69. The third-order valence-electron chi connectivity index (χ3n) is 4.89. The highest BCUT2D eigenvalue weighted by Crippen LogP contribution is 2.31. The lowest BCUT2D eigenvalue weighted by atomic mass is 9.98. The van der Waals surface area contributed by atoms with Crippen LogP contribution in [0.3, 0.4) is 0 Å². The number of anilines is 1. The summed E-state index contributed by atoms with van der Waals surface area (Å²) < 4.78 is 10.7. The van der Waals surface area contributed by atoms with E-state index in [2.05, 4.69) is 41.1 Å². The minimum Gasteiger partial charge on any atom is -0.493 e. The quantitative estimate of drug-likeness (QED) is 0.844. The summed E-state index contributed by atoms with van der Waals surface area (Å²) in [6.07, 6.45) is 4.04. The van der Waals surface area contributed by atoms with E-state index in [1.807, 2.05) is 12.3 Å². The highest BCUT2D eigenvalue weighted by Gasteiger charge is 2.25. The van der Waals surface area contributed by atoms with E-state index in [0.717, 1.165) is 36.8 Å². The van der Waals surface area contributed by atoms with Crippen molar-refractivity contribution in [1.82, 2.24) is 10.2 Å². The Kier molecular flexibility index (Phi) is 4.88. The van der Waals surface area contributed by atoms with Crippen LogP contribution in [-0.4, -0.2) is 37.5 Å². The summed E-state index contributed by atoms with van der Waals surface area (Å²) in [7, 11) is 3.34. The second kappa shape index (κ2) is 7.07. The molecule has 0 radical (unpaired) electrons. The summed E-state index contributed by atoms with van der Waals surface area (Å²) in [6.45, 7) is 6.27. The maximum atomic E-state index is 5.41. The topological polar surface area (TPSA) is 47.5 Å². The first-order valence-electron chi connectivity index (χ1n) is 8.37. The van der Waals surface area contributed by atoms with E-state index in [1.54, 1.807) is 14.2 Å². The Morgan fingerprint density at radius 1 is 1.17 bits per heavy atom. The molecule has 2 heterocycles. The normalized spacial score (nSPS) is 17.2. The van der Waals surface area contributed by atoms with Gasteiger partial charge in [-0.25, -0.2) is 0 Å². The van der Waals surface area contributed by atoms with Crippen molar-refractivity contribution in [2.45, 2.75) is 26.7 Å². The molecule has 1 aromatic carbocycles. The van der Waals surface area contributed by atoms with Crippen LogP contribution in [-0.2, 0) is 6.42 Å². The summed E-state index contributed by atoms with van der Waals surface area (Å²) in [5.74, 6) is 3.22. The fourth-order valence-corrected chi connectivity index (χ4v) is 3.35. The van der Waals surface area contributed by atoms with Gasteiger partial charge in [-0.05, 0) is 61.4 Å². The highest BCUT2D eigenvalue weighted by atomic mass is 16.5. The molecule has 5 nitrogen and oxygen atoms in total. The van der Waals surface area contributed by atoms with Gasteiger partial charge in [0.2, 0.25) is 0 Å². The van der Waals surface area contributed by atoms with E-state index < -0.39 is 0 Å². The summed E-state index contributed by atoms with van der Waals surface area (Å²) in [5, 5.41) is 8.47. The predicted molar refractivity (Wildman–Crippen MR) is 95.1 cm³/mol. The molecule has 1 aliphatic heterocycles. The molecular formula is C19H25N3O2. The van der Waals surface area contributed by atoms with Crippen LogP contribution in [0, 0.1) is 19.8 Å². The lowest BCUT2D eigenvalue weighted by Gasteiger charge is -2.20. The minimum atomic E-state index is 0.616. The van der Waals surface area contributed by atoms with Crippen LogP contribution in [0.2, 0.25) is 0 Å². The number of ether oxygens (including phenoxy) is 2. The molecule has 0 spiro atoms. The first kappa shape index (κ1) is 16.6. The predicted octanol–water partition coefficient (Wildman–Crippen LogP) is 3.18. The summed E-state index contributed by atoms with van der Waals surface area (Å²) in [4.78, 5) is 2.36. The molecule has 0 N–H and O–H groups in total. The molecule has 0 aliphatic carbocycles. The van der Waals surface area contributed by atoms with Crippen molar-refractivity contribution in [1.29, 1.82) is 0 Å². The van der Waals surface area contributed by atoms with E-state index in [4.69, 9.17) is 9.47 Å². The average Bonchev–Trinajstić information content (AvgIpc) is 3.05. The number of aromatic nitrogens is 2. The number of hydrogen-bond donors (Lipinski definition) is 0. The number of methoxy groups -OCH3 is 2. The number of rotatable bonds is 5. The third kappa shape index (κ3) is 3.30. The van der Waals surface area contributed by atoms with E-state index in [1.165, 1.54) is 23.1 Å². The minimum absolute atomic E-state index is 0.616. The Hall–Kier alpha value is -2.30. The molecule has 0 amide bonds. The van der Waals surface area contributed by atoms with Crippen molar-refractivity contribution in [2.75, 3.05) is 32.2 Å². The molecule has 1 saturated heterocycles. The Morgan fingerprint density at radius 2 is 1.96 bits per heavy atom. The van der Waals surface area contributed by atoms with Crippen LogP contribution in [0.25, 0.3) is 0 Å². The lowest BCUT2D eigenvalue weighted by molar-refractivity contribution is 0.354. The molecule has 3 rings (SSSR count). The highest BCUT2D eigenvalue weighted by molar-refractivity contribution is 5.49. The second-order valence-electron chi connectivity index (χ2n) is 6.47. The zero-order chi connectivity index (χ0) is 17.1. The van der Waals surface area contributed by atoms with Crippen molar-refractivity contribution < 1.29 is 9.47 Å². The van der Waals surface area contributed by atoms with Crippen molar-refractivity contribution in [3.63, 3.8) is 0 Å². The van der Waals surface area contributed by atoms with Gasteiger partial charge in [0.15, 0.2) is 17.3 Å². The largest absolute Gasteiger partial charge is 0.493 e. The van der Waals surface area contributed by atoms with Crippen LogP contribution in [0.4, 0.5) is 5.82 Å². The van der Waals surface area contributed by atoms with Crippen LogP contribution in [0.15, 0.2) is 24.4 Å². The fraction of sp³-hybridized carbons (Fsp3) is 0.474. The molecule has 5 heteroatoms. The lowest BCUT2D eigenvalue weighted by Crippen LogP contribution is -2.23. The zero-order valence-corrected chi connectivity index (χ0v) is 14.9. The first-order chi connectivity index (χ1) is 11.6. The maximum absolute atomic E-state index is 5.41. The van der Waals surface area contributed by atoms with Gasteiger partial charge in [-0.1, -0.05) is 6.07 Å². The van der Waals surface area contributed by atoms with E-state index in [-0.39, 0.29) is 0 Å². The monoisotopic (exact) mass is 327 g/mol. The van der Waals surface area contributed by atoms with Gasteiger partial charge in [-0.3, -0.25) is 0 Å². The van der Waals surface area contributed by atoms with Crippen molar-refractivity contribution in [3.05, 3.63) is 41.1 Å². The summed E-state index contributed by atoms with van der Waals surface area (Å²) >= 11 is 0. The van der Waals surface area contributed by atoms with Crippen LogP contribution in [0.5, 0.6) is 11.5 Å². The molecule has 2 aromatic rings. The third-order valence-corrected chi connectivity index (χ3v) is 4.89. The Morgan fingerprint density at radius 3 is 2.71 bits per heavy atom. The van der Waals surface area contributed by atoms with Crippen molar-refractivity contribution >= 4 is 5.82 Å². The Bertz CT molecular complexity index is 718. The molecule has 1 atom stereocenters. The summed E-state index contributed by atoms with van der Waals surface area (Å²) in [6, 6.07) is 6.19. The van der Waals surface area contributed by atoms with Gasteiger partial charge >= 0.3 is 0 Å². The van der Waals surface area contributed by atoms with Crippen LogP contribution >= 0.6 is 0 Å². The fourth-order valence-electron chi connectivity index (χ4n) is 3.35. The molecule has 0 saturated carbocycles. The van der Waals surface area contributed by atoms with E-state index in [9.17, 15) is 0 Å². The number of hydrogen-bond acceptors (Lipinski definition) is 5. The SMILES string of the molecule is COc1ccc(CC2CCN(c3nncc(C)c3C)C2)cc1OC. The van der Waals surface area contributed by atoms with Gasteiger partial charge < -0.3 is 14.4 Å². The molecule has 128 valence electrons. The van der Waals surface area contributed by atoms with Gasteiger partial charge in [0.05, 0.1) is 20.4 Å². The molecule has 24 heavy (non-hydrogen) atoms.